The Kier molecular flexibility index (Phi) is 4.45. The number of amides is 1. The fourth-order valence-electron chi connectivity index (χ4n) is 2.80. The van der Waals surface area contributed by atoms with Gasteiger partial charge in [0.25, 0.3) is 10.0 Å². The standard InChI is InChI=1S/C13H19N3O5S2/c1-9-11(22-12(14-9)15-10(2)17)23(18,19)16-5-3-13(4-6-16)20-7-8-21-13/h3-8H2,1-2H3,(H,14,15,17). The molecule has 0 atom stereocenters. The van der Waals surface area contributed by atoms with Gasteiger partial charge in [0.1, 0.15) is 0 Å². The summed E-state index contributed by atoms with van der Waals surface area (Å²) in [5, 5.41) is 2.82. The average molecular weight is 361 g/mol. The molecule has 1 N–H and O–H groups in total. The number of ether oxygens (including phenoxy) is 2. The number of hydrogen-bond acceptors (Lipinski definition) is 7. The summed E-state index contributed by atoms with van der Waals surface area (Å²) in [6.07, 6.45) is 1.03. The van der Waals surface area contributed by atoms with Gasteiger partial charge in [-0.05, 0) is 6.92 Å². The molecule has 3 rings (SSSR count). The Bertz CT molecular complexity index is 699. The maximum absolute atomic E-state index is 12.8. The van der Waals surface area contributed by atoms with Crippen molar-refractivity contribution in [3.05, 3.63) is 5.69 Å². The highest BCUT2D eigenvalue weighted by Gasteiger charge is 2.43. The van der Waals surface area contributed by atoms with E-state index in [1.54, 1.807) is 6.92 Å². The summed E-state index contributed by atoms with van der Waals surface area (Å²) >= 11 is 0.977. The zero-order valence-electron chi connectivity index (χ0n) is 13.0. The lowest BCUT2D eigenvalue weighted by Gasteiger charge is -2.36. The van der Waals surface area contributed by atoms with Gasteiger partial charge in [0.15, 0.2) is 15.1 Å². The molecule has 0 aromatic carbocycles. The molecule has 2 aliphatic rings. The lowest BCUT2D eigenvalue weighted by atomic mass is 10.1. The van der Waals surface area contributed by atoms with Crippen LogP contribution in [0.2, 0.25) is 0 Å². The predicted molar refractivity (Wildman–Crippen MR) is 83.8 cm³/mol. The molecule has 2 saturated heterocycles. The lowest BCUT2D eigenvalue weighted by Crippen LogP contribution is -2.47. The Hall–Kier alpha value is -1.07. The summed E-state index contributed by atoms with van der Waals surface area (Å²) in [7, 11) is -3.63. The van der Waals surface area contributed by atoms with E-state index in [0.29, 0.717) is 50.0 Å². The molecule has 1 spiro atoms. The summed E-state index contributed by atoms with van der Waals surface area (Å²) in [6.45, 7) is 4.78. The second-order valence-corrected chi connectivity index (χ2v) is 8.72. The molecule has 1 aromatic rings. The van der Waals surface area contributed by atoms with Gasteiger partial charge in [-0.25, -0.2) is 13.4 Å². The van der Waals surface area contributed by atoms with Gasteiger partial charge in [-0.2, -0.15) is 4.31 Å². The minimum absolute atomic E-state index is 0.172. The van der Waals surface area contributed by atoms with E-state index < -0.39 is 15.8 Å². The topological polar surface area (TPSA) is 97.8 Å². The second-order valence-electron chi connectivity index (χ2n) is 5.58. The number of piperidine rings is 1. The van der Waals surface area contributed by atoms with Crippen molar-refractivity contribution in [1.82, 2.24) is 9.29 Å². The molecule has 128 valence electrons. The number of nitrogens with one attached hydrogen (secondary N) is 1. The number of aromatic nitrogens is 1. The summed E-state index contributed by atoms with van der Waals surface area (Å²) in [5.74, 6) is -0.894. The molecule has 0 aliphatic carbocycles. The maximum Gasteiger partial charge on any atom is 0.254 e. The van der Waals surface area contributed by atoms with E-state index in [4.69, 9.17) is 9.47 Å². The zero-order chi connectivity index (χ0) is 16.7. The third kappa shape index (κ3) is 3.26. The molecule has 2 fully saturated rings. The van der Waals surface area contributed by atoms with Gasteiger partial charge in [0.05, 0.1) is 18.9 Å². The normalized spacial score (nSPS) is 21.7. The minimum atomic E-state index is -3.63. The van der Waals surface area contributed by atoms with Gasteiger partial charge in [0, 0.05) is 32.9 Å². The minimum Gasteiger partial charge on any atom is -0.347 e. The van der Waals surface area contributed by atoms with Crippen molar-refractivity contribution >= 4 is 32.4 Å². The SMILES string of the molecule is CC(=O)Nc1nc(C)c(S(=O)(=O)N2CCC3(CC2)OCCO3)s1. The highest BCUT2D eigenvalue weighted by molar-refractivity contribution is 7.91. The van der Waals surface area contributed by atoms with Crippen molar-refractivity contribution in [3.63, 3.8) is 0 Å². The molecule has 3 heterocycles. The Morgan fingerprint density at radius 3 is 2.48 bits per heavy atom. The van der Waals surface area contributed by atoms with E-state index in [9.17, 15) is 13.2 Å². The van der Waals surface area contributed by atoms with Crippen molar-refractivity contribution in [2.24, 2.45) is 0 Å². The van der Waals surface area contributed by atoms with E-state index in [0.717, 1.165) is 11.3 Å². The summed E-state index contributed by atoms with van der Waals surface area (Å²) in [6, 6.07) is 0. The molecular weight excluding hydrogens is 342 g/mol. The van der Waals surface area contributed by atoms with Gasteiger partial charge in [0.2, 0.25) is 5.91 Å². The van der Waals surface area contributed by atoms with Crippen molar-refractivity contribution in [3.8, 4) is 0 Å². The number of rotatable bonds is 3. The van der Waals surface area contributed by atoms with Crippen LogP contribution in [0.5, 0.6) is 0 Å². The summed E-state index contributed by atoms with van der Waals surface area (Å²) in [4.78, 5) is 15.2. The zero-order valence-corrected chi connectivity index (χ0v) is 14.6. The first-order valence-electron chi connectivity index (χ1n) is 7.35. The molecule has 0 unspecified atom stereocenters. The molecule has 10 heteroatoms. The highest BCUT2D eigenvalue weighted by Crippen LogP contribution is 2.35. The van der Waals surface area contributed by atoms with Crippen molar-refractivity contribution < 1.29 is 22.7 Å². The van der Waals surface area contributed by atoms with Gasteiger partial charge in [-0.1, -0.05) is 11.3 Å². The number of carbonyl (C=O) groups excluding carboxylic acids is 1. The molecule has 1 amide bonds. The van der Waals surface area contributed by atoms with Crippen LogP contribution in [0.15, 0.2) is 4.21 Å². The number of anilines is 1. The quantitative estimate of drug-likeness (QED) is 0.860. The van der Waals surface area contributed by atoms with Gasteiger partial charge in [-0.3, -0.25) is 4.79 Å². The van der Waals surface area contributed by atoms with Crippen LogP contribution in [0, 0.1) is 6.92 Å². The fourth-order valence-corrected chi connectivity index (χ4v) is 5.83. The largest absolute Gasteiger partial charge is 0.347 e. The first-order chi connectivity index (χ1) is 10.8. The molecule has 8 nitrogen and oxygen atoms in total. The Labute approximate surface area is 138 Å². The van der Waals surface area contributed by atoms with Crippen LogP contribution >= 0.6 is 11.3 Å². The number of aryl methyl sites for hydroxylation is 1. The van der Waals surface area contributed by atoms with E-state index >= 15 is 0 Å². The van der Waals surface area contributed by atoms with E-state index in [1.807, 2.05) is 0 Å². The van der Waals surface area contributed by atoms with Crippen molar-refractivity contribution in [2.45, 2.75) is 36.7 Å². The highest BCUT2D eigenvalue weighted by atomic mass is 32.2. The average Bonchev–Trinajstić information content (AvgIpc) is 3.06. The predicted octanol–water partition coefficient (Wildman–Crippen LogP) is 0.938. The maximum atomic E-state index is 12.8. The Morgan fingerprint density at radius 1 is 1.30 bits per heavy atom. The number of sulfonamides is 1. The monoisotopic (exact) mass is 361 g/mol. The number of nitrogens with zero attached hydrogens (tertiary/aromatic N) is 2. The van der Waals surface area contributed by atoms with Crippen LogP contribution in [-0.2, 0) is 24.3 Å². The van der Waals surface area contributed by atoms with Crippen molar-refractivity contribution in [1.29, 1.82) is 0 Å². The van der Waals surface area contributed by atoms with Crippen LogP contribution in [0.3, 0.4) is 0 Å². The second kappa shape index (κ2) is 6.10. The first-order valence-corrected chi connectivity index (χ1v) is 9.61. The number of hydrogen-bond donors (Lipinski definition) is 1. The summed E-state index contributed by atoms with van der Waals surface area (Å²) in [5.41, 5.74) is 0.396. The third-order valence-electron chi connectivity index (χ3n) is 3.91. The smallest absolute Gasteiger partial charge is 0.254 e. The molecule has 0 radical (unpaired) electrons. The van der Waals surface area contributed by atoms with Crippen molar-refractivity contribution in [2.75, 3.05) is 31.6 Å². The van der Waals surface area contributed by atoms with E-state index in [-0.39, 0.29) is 10.1 Å². The molecular formula is C13H19N3O5S2. The van der Waals surface area contributed by atoms with Crippen LogP contribution < -0.4 is 5.32 Å². The Morgan fingerprint density at radius 2 is 1.91 bits per heavy atom. The van der Waals surface area contributed by atoms with E-state index in [1.165, 1.54) is 11.2 Å². The van der Waals surface area contributed by atoms with E-state index in [2.05, 4.69) is 10.3 Å². The lowest BCUT2D eigenvalue weighted by molar-refractivity contribution is -0.179. The fraction of sp³-hybridized carbons (Fsp3) is 0.692. The molecule has 0 saturated carbocycles. The number of carbonyl (C=O) groups is 1. The van der Waals surface area contributed by atoms with Gasteiger partial charge < -0.3 is 14.8 Å². The molecule has 23 heavy (non-hydrogen) atoms. The number of thiazole rings is 1. The van der Waals surface area contributed by atoms with Gasteiger partial charge in [-0.15, -0.1) is 0 Å². The van der Waals surface area contributed by atoms with Crippen LogP contribution in [-0.4, -0.2) is 55.7 Å². The summed E-state index contributed by atoms with van der Waals surface area (Å²) < 4.78 is 38.5. The molecule has 1 aromatic heterocycles. The third-order valence-corrected chi connectivity index (χ3v) is 7.47. The van der Waals surface area contributed by atoms with Crippen LogP contribution in [0.1, 0.15) is 25.5 Å². The first kappa shape index (κ1) is 16.8. The van der Waals surface area contributed by atoms with Crippen LogP contribution in [0.4, 0.5) is 5.13 Å². The van der Waals surface area contributed by atoms with Gasteiger partial charge >= 0.3 is 0 Å². The Balaban J connectivity index is 1.77. The van der Waals surface area contributed by atoms with Crippen LogP contribution in [0.25, 0.3) is 0 Å². The molecule has 0 bridgehead atoms. The molecule has 2 aliphatic heterocycles.